The van der Waals surface area contributed by atoms with Crippen molar-refractivity contribution in [1.29, 1.82) is 0 Å². The summed E-state index contributed by atoms with van der Waals surface area (Å²) in [5, 5.41) is 0. The number of halogens is 3. The third kappa shape index (κ3) is 4.21. The van der Waals surface area contributed by atoms with Gasteiger partial charge in [0.25, 0.3) is 0 Å². The quantitative estimate of drug-likeness (QED) is 0.920. The van der Waals surface area contributed by atoms with Crippen LogP contribution in [0.15, 0.2) is 24.3 Å². The minimum Gasteiger partial charge on any atom is -0.330 e. The maximum Gasteiger partial charge on any atom is 0.416 e. The highest BCUT2D eigenvalue weighted by molar-refractivity contribution is 5.25. The van der Waals surface area contributed by atoms with Gasteiger partial charge in [-0.1, -0.05) is 18.2 Å². The number of piperidine rings is 1. The van der Waals surface area contributed by atoms with Crippen LogP contribution in [0.4, 0.5) is 13.2 Å². The molecule has 1 aliphatic heterocycles. The lowest BCUT2D eigenvalue weighted by molar-refractivity contribution is -0.137. The normalized spacial score (nSPS) is 18.4. The molecule has 0 atom stereocenters. The third-order valence-electron chi connectivity index (χ3n) is 3.94. The van der Waals surface area contributed by atoms with Gasteiger partial charge in [0.2, 0.25) is 0 Å². The van der Waals surface area contributed by atoms with E-state index < -0.39 is 11.7 Å². The van der Waals surface area contributed by atoms with Gasteiger partial charge in [-0.25, -0.2) is 0 Å². The van der Waals surface area contributed by atoms with Crippen LogP contribution in [-0.2, 0) is 12.7 Å². The molecule has 2 nitrogen and oxygen atoms in total. The summed E-state index contributed by atoms with van der Waals surface area (Å²) in [6, 6.07) is 5.63. The van der Waals surface area contributed by atoms with E-state index in [1.165, 1.54) is 12.1 Å². The van der Waals surface area contributed by atoms with Crippen LogP contribution in [-0.4, -0.2) is 24.5 Å². The molecule has 1 fully saturated rings. The predicted molar refractivity (Wildman–Crippen MR) is 73.1 cm³/mol. The van der Waals surface area contributed by atoms with E-state index in [4.69, 9.17) is 5.73 Å². The lowest BCUT2D eigenvalue weighted by Gasteiger charge is -2.31. The zero-order valence-electron chi connectivity index (χ0n) is 11.5. The van der Waals surface area contributed by atoms with E-state index >= 15 is 0 Å². The van der Waals surface area contributed by atoms with Gasteiger partial charge in [0.15, 0.2) is 0 Å². The number of likely N-dealkylation sites (tertiary alicyclic amines) is 1. The topological polar surface area (TPSA) is 29.3 Å². The molecule has 5 heteroatoms. The van der Waals surface area contributed by atoms with Gasteiger partial charge >= 0.3 is 6.18 Å². The molecule has 0 saturated carbocycles. The second-order valence-electron chi connectivity index (χ2n) is 5.50. The summed E-state index contributed by atoms with van der Waals surface area (Å²) in [7, 11) is 0. The van der Waals surface area contributed by atoms with Crippen molar-refractivity contribution < 1.29 is 13.2 Å². The molecule has 1 aliphatic rings. The van der Waals surface area contributed by atoms with Gasteiger partial charge in [0.1, 0.15) is 0 Å². The van der Waals surface area contributed by atoms with Crippen molar-refractivity contribution in [3.8, 4) is 0 Å². The van der Waals surface area contributed by atoms with Gasteiger partial charge in [0, 0.05) is 6.54 Å². The van der Waals surface area contributed by atoms with Crippen molar-refractivity contribution >= 4 is 0 Å². The summed E-state index contributed by atoms with van der Waals surface area (Å²) in [6.07, 6.45) is -1.02. The molecule has 1 aromatic rings. The highest BCUT2D eigenvalue weighted by atomic mass is 19.4. The fraction of sp³-hybridized carbons (Fsp3) is 0.600. The van der Waals surface area contributed by atoms with Crippen LogP contribution in [0.25, 0.3) is 0 Å². The van der Waals surface area contributed by atoms with Gasteiger partial charge in [-0.3, -0.25) is 4.90 Å². The molecule has 0 aromatic heterocycles. The average molecular weight is 286 g/mol. The van der Waals surface area contributed by atoms with Gasteiger partial charge < -0.3 is 5.73 Å². The predicted octanol–water partition coefficient (Wildman–Crippen LogP) is 3.27. The van der Waals surface area contributed by atoms with Crippen LogP contribution in [0.3, 0.4) is 0 Å². The van der Waals surface area contributed by atoms with Crippen LogP contribution >= 0.6 is 0 Å². The number of nitrogens with two attached hydrogens (primary N) is 1. The first-order valence-electron chi connectivity index (χ1n) is 7.07. The lowest BCUT2D eigenvalue weighted by Crippen LogP contribution is -2.33. The van der Waals surface area contributed by atoms with Crippen LogP contribution in [0, 0.1) is 5.92 Å². The fourth-order valence-corrected chi connectivity index (χ4v) is 2.77. The Bertz CT molecular complexity index is 423. The summed E-state index contributed by atoms with van der Waals surface area (Å²) in [5.74, 6) is 0.678. The van der Waals surface area contributed by atoms with E-state index in [-0.39, 0.29) is 0 Å². The monoisotopic (exact) mass is 286 g/mol. The molecule has 0 bridgehead atoms. The highest BCUT2D eigenvalue weighted by Gasteiger charge is 2.30. The van der Waals surface area contributed by atoms with E-state index in [1.807, 2.05) is 0 Å². The molecule has 1 heterocycles. The summed E-state index contributed by atoms with van der Waals surface area (Å²) < 4.78 is 38.0. The van der Waals surface area contributed by atoms with Crippen molar-refractivity contribution in [2.24, 2.45) is 11.7 Å². The Balaban J connectivity index is 1.91. The largest absolute Gasteiger partial charge is 0.416 e. The van der Waals surface area contributed by atoms with Crippen LogP contribution in [0.2, 0.25) is 0 Å². The molecule has 2 N–H and O–H groups in total. The molecule has 2 rings (SSSR count). The zero-order valence-corrected chi connectivity index (χ0v) is 11.5. The first-order valence-corrected chi connectivity index (χ1v) is 7.07. The molecule has 0 aliphatic carbocycles. The Morgan fingerprint density at radius 1 is 1.20 bits per heavy atom. The van der Waals surface area contributed by atoms with Crippen LogP contribution < -0.4 is 5.73 Å². The Labute approximate surface area is 117 Å². The van der Waals surface area contributed by atoms with Crippen LogP contribution in [0.5, 0.6) is 0 Å². The smallest absolute Gasteiger partial charge is 0.330 e. The number of benzene rings is 1. The Hall–Kier alpha value is -1.07. The van der Waals surface area contributed by atoms with Gasteiger partial charge in [-0.2, -0.15) is 13.2 Å². The number of nitrogens with zero attached hydrogens (tertiary/aromatic N) is 1. The minimum atomic E-state index is -4.26. The Morgan fingerprint density at radius 2 is 1.90 bits per heavy atom. The lowest BCUT2D eigenvalue weighted by atomic mass is 9.93. The van der Waals surface area contributed by atoms with Gasteiger partial charge in [-0.05, 0) is 56.4 Å². The molecule has 0 spiro atoms. The van der Waals surface area contributed by atoms with E-state index in [2.05, 4.69) is 4.90 Å². The van der Waals surface area contributed by atoms with Crippen LogP contribution in [0.1, 0.15) is 30.4 Å². The molecule has 0 radical (unpaired) electrons. The van der Waals surface area contributed by atoms with Crippen molar-refractivity contribution in [3.63, 3.8) is 0 Å². The molecule has 112 valence electrons. The maximum atomic E-state index is 12.7. The number of hydrogen-bond acceptors (Lipinski definition) is 2. The van der Waals surface area contributed by atoms with E-state index in [0.717, 1.165) is 50.5 Å². The first-order chi connectivity index (χ1) is 9.49. The second-order valence-corrected chi connectivity index (χ2v) is 5.50. The number of hydrogen-bond donors (Lipinski definition) is 1. The second kappa shape index (κ2) is 6.59. The molecule has 0 amide bonds. The molecule has 1 aromatic carbocycles. The summed E-state index contributed by atoms with van der Waals surface area (Å²) in [6.45, 7) is 3.21. The van der Waals surface area contributed by atoms with Gasteiger partial charge in [-0.15, -0.1) is 0 Å². The van der Waals surface area contributed by atoms with Crippen molar-refractivity contribution in [3.05, 3.63) is 35.4 Å². The van der Waals surface area contributed by atoms with Gasteiger partial charge in [0.05, 0.1) is 5.56 Å². The molecular weight excluding hydrogens is 265 g/mol. The maximum absolute atomic E-state index is 12.7. The number of rotatable bonds is 4. The molecule has 1 saturated heterocycles. The minimum absolute atomic E-state index is 0.562. The summed E-state index contributed by atoms with van der Waals surface area (Å²) in [4.78, 5) is 2.22. The van der Waals surface area contributed by atoms with E-state index in [0.29, 0.717) is 12.5 Å². The highest BCUT2D eigenvalue weighted by Crippen LogP contribution is 2.30. The molecular formula is C15H21F3N2. The van der Waals surface area contributed by atoms with E-state index in [1.54, 1.807) is 6.07 Å². The zero-order chi connectivity index (χ0) is 14.6. The standard InChI is InChI=1S/C15H21F3N2/c16-15(17,18)14-3-1-2-13(10-14)11-20-8-5-12(4-7-19)6-9-20/h1-3,10,12H,4-9,11,19H2. The molecule has 0 unspecified atom stereocenters. The Morgan fingerprint density at radius 3 is 2.50 bits per heavy atom. The van der Waals surface area contributed by atoms with Crippen molar-refractivity contribution in [2.45, 2.75) is 32.0 Å². The SMILES string of the molecule is NCCC1CCN(Cc2cccc(C(F)(F)F)c2)CC1. The average Bonchev–Trinajstić information content (AvgIpc) is 2.41. The summed E-state index contributed by atoms with van der Waals surface area (Å²) >= 11 is 0. The first kappa shape index (κ1) is 15.3. The Kier molecular flexibility index (Phi) is 5.05. The summed E-state index contributed by atoms with van der Waals surface area (Å²) in [5.41, 5.74) is 5.73. The van der Waals surface area contributed by atoms with Crippen molar-refractivity contribution in [1.82, 2.24) is 4.90 Å². The van der Waals surface area contributed by atoms with E-state index in [9.17, 15) is 13.2 Å². The van der Waals surface area contributed by atoms with Crippen molar-refractivity contribution in [2.75, 3.05) is 19.6 Å². The fourth-order valence-electron chi connectivity index (χ4n) is 2.77. The number of alkyl halides is 3. The third-order valence-corrected chi connectivity index (χ3v) is 3.94. The molecule has 20 heavy (non-hydrogen) atoms.